The second kappa shape index (κ2) is 11.7. The van der Waals surface area contributed by atoms with Gasteiger partial charge in [0.05, 0.1) is 13.2 Å². The lowest BCUT2D eigenvalue weighted by Gasteiger charge is -2.18. The predicted octanol–water partition coefficient (Wildman–Crippen LogP) is 5.37. The van der Waals surface area contributed by atoms with Gasteiger partial charge in [-0.2, -0.15) is 0 Å². The Labute approximate surface area is 204 Å². The predicted molar refractivity (Wildman–Crippen MR) is 132 cm³/mol. The molecule has 0 aromatic heterocycles. The van der Waals surface area contributed by atoms with Crippen LogP contribution in [-0.4, -0.2) is 36.3 Å². The fourth-order valence-corrected chi connectivity index (χ4v) is 3.85. The summed E-state index contributed by atoms with van der Waals surface area (Å²) in [5.74, 6) is -0.640. The van der Waals surface area contributed by atoms with E-state index in [2.05, 4.69) is 5.32 Å². The van der Waals surface area contributed by atoms with Gasteiger partial charge in [-0.3, -0.25) is 4.79 Å². The van der Waals surface area contributed by atoms with Crippen molar-refractivity contribution in [2.45, 2.75) is 39.0 Å². The van der Waals surface area contributed by atoms with E-state index in [4.69, 9.17) is 21.1 Å². The van der Waals surface area contributed by atoms with E-state index < -0.39 is 12.1 Å². The first kappa shape index (κ1) is 25.3. The molecular weight excluding hydrogens is 454 g/mol. The molecule has 0 heterocycles. The normalized spacial score (nSPS) is 11.8. The number of hydrogen-bond donors (Lipinski definition) is 2. The Hall–Kier alpha value is -3.35. The van der Waals surface area contributed by atoms with E-state index in [1.54, 1.807) is 45.2 Å². The van der Waals surface area contributed by atoms with Crippen LogP contribution in [0.15, 0.2) is 66.7 Å². The highest BCUT2D eigenvalue weighted by atomic mass is 35.5. The summed E-state index contributed by atoms with van der Waals surface area (Å²) < 4.78 is 10.9. The number of carbonyl (C=O) groups excluding carboxylic acids is 1. The van der Waals surface area contributed by atoms with Crippen molar-refractivity contribution in [1.29, 1.82) is 0 Å². The van der Waals surface area contributed by atoms with Crippen molar-refractivity contribution in [1.82, 2.24) is 5.32 Å². The van der Waals surface area contributed by atoms with E-state index >= 15 is 0 Å². The van der Waals surface area contributed by atoms with Gasteiger partial charge in [0.1, 0.15) is 5.75 Å². The summed E-state index contributed by atoms with van der Waals surface area (Å²) in [6.07, 6.45) is -0.947. The molecule has 1 unspecified atom stereocenters. The summed E-state index contributed by atoms with van der Waals surface area (Å²) in [6, 6.07) is 20.2. The van der Waals surface area contributed by atoms with Gasteiger partial charge in [0.15, 0.2) is 6.10 Å². The fraction of sp³-hybridized carbons (Fsp3) is 0.259. The number of ether oxygens (including phenoxy) is 2. The molecule has 0 aliphatic rings. The highest BCUT2D eigenvalue weighted by Crippen LogP contribution is 2.27. The molecule has 1 amide bonds. The minimum absolute atomic E-state index is 0.206. The van der Waals surface area contributed by atoms with Crippen molar-refractivity contribution in [3.63, 3.8) is 0 Å². The van der Waals surface area contributed by atoms with E-state index in [1.165, 1.54) is 0 Å². The van der Waals surface area contributed by atoms with Gasteiger partial charge < -0.3 is 19.9 Å². The second-order valence-electron chi connectivity index (χ2n) is 8.10. The van der Waals surface area contributed by atoms with Gasteiger partial charge in [-0.15, -0.1) is 0 Å². The number of halogens is 1. The number of aliphatic carboxylic acids is 1. The molecule has 0 spiro atoms. The Balaban J connectivity index is 1.70. The first-order valence-electron chi connectivity index (χ1n) is 11.0. The number of carbonyl (C=O) groups is 2. The highest BCUT2D eigenvalue weighted by Gasteiger charge is 2.21. The molecule has 3 rings (SSSR count). The molecule has 7 heteroatoms. The average molecular weight is 482 g/mol. The molecular formula is C27H28ClNO5. The van der Waals surface area contributed by atoms with Crippen molar-refractivity contribution in [3.8, 4) is 16.9 Å². The third-order valence-corrected chi connectivity index (χ3v) is 5.58. The van der Waals surface area contributed by atoms with Gasteiger partial charge in [-0.1, -0.05) is 54.1 Å². The highest BCUT2D eigenvalue weighted by molar-refractivity contribution is 6.33. The number of hydrogen-bond acceptors (Lipinski definition) is 4. The number of carboxylic acids is 1. The molecule has 0 aliphatic carbocycles. The third kappa shape index (κ3) is 6.59. The van der Waals surface area contributed by atoms with E-state index in [1.807, 2.05) is 42.5 Å². The monoisotopic (exact) mass is 481 g/mol. The standard InChI is InChI=1S/C27H28ClNO5/c1-17(2)34-25(27(31)32)15-18-8-13-24(33-3)21(14-18)16-29-26(30)20-11-9-19(10-12-20)22-6-4-5-7-23(22)28/h4-14,17,25H,15-16H2,1-3H3,(H,29,30)(H,31,32). The fourth-order valence-electron chi connectivity index (χ4n) is 3.61. The molecule has 1 atom stereocenters. The Morgan fingerprint density at radius 3 is 2.35 bits per heavy atom. The number of rotatable bonds is 10. The minimum atomic E-state index is -1.01. The first-order chi connectivity index (χ1) is 16.3. The molecule has 0 saturated carbocycles. The molecule has 6 nitrogen and oxygen atoms in total. The van der Waals surface area contributed by atoms with Crippen molar-refractivity contribution in [2.75, 3.05) is 7.11 Å². The van der Waals surface area contributed by atoms with Crippen LogP contribution in [0.4, 0.5) is 0 Å². The van der Waals surface area contributed by atoms with Crippen molar-refractivity contribution >= 4 is 23.5 Å². The van der Waals surface area contributed by atoms with Gasteiger partial charge in [0.25, 0.3) is 5.91 Å². The lowest BCUT2D eigenvalue weighted by atomic mass is 10.0. The van der Waals surface area contributed by atoms with Crippen molar-refractivity contribution in [2.24, 2.45) is 0 Å². The number of nitrogens with one attached hydrogen (secondary N) is 1. The lowest BCUT2D eigenvalue weighted by molar-refractivity contribution is -0.153. The quantitative estimate of drug-likeness (QED) is 0.407. The lowest BCUT2D eigenvalue weighted by Crippen LogP contribution is -2.29. The Kier molecular flexibility index (Phi) is 8.68. The molecule has 0 radical (unpaired) electrons. The number of methoxy groups -OCH3 is 1. The molecule has 3 aromatic carbocycles. The van der Waals surface area contributed by atoms with Crippen molar-refractivity contribution in [3.05, 3.63) is 88.4 Å². The smallest absolute Gasteiger partial charge is 0.333 e. The van der Waals surface area contributed by atoms with E-state index in [-0.39, 0.29) is 25.0 Å². The summed E-state index contributed by atoms with van der Waals surface area (Å²) in [7, 11) is 1.55. The summed E-state index contributed by atoms with van der Waals surface area (Å²) in [5.41, 5.74) is 3.87. The topological polar surface area (TPSA) is 84.9 Å². The van der Waals surface area contributed by atoms with Crippen LogP contribution in [0.1, 0.15) is 35.3 Å². The molecule has 0 fully saturated rings. The largest absolute Gasteiger partial charge is 0.496 e. The van der Waals surface area contributed by atoms with Gasteiger partial charge in [-0.05, 0) is 49.2 Å². The number of carboxylic acid groups (broad SMARTS) is 1. The third-order valence-electron chi connectivity index (χ3n) is 5.25. The molecule has 34 heavy (non-hydrogen) atoms. The maximum Gasteiger partial charge on any atom is 0.333 e. The Morgan fingerprint density at radius 1 is 1.03 bits per heavy atom. The summed E-state index contributed by atoms with van der Waals surface area (Å²) in [4.78, 5) is 24.3. The second-order valence-corrected chi connectivity index (χ2v) is 8.51. The van der Waals surface area contributed by atoms with Crippen molar-refractivity contribution < 1.29 is 24.2 Å². The maximum atomic E-state index is 12.7. The van der Waals surface area contributed by atoms with Crippen LogP contribution in [0.25, 0.3) is 11.1 Å². The molecule has 0 bridgehead atoms. The van der Waals surface area contributed by atoms with Crippen LogP contribution in [-0.2, 0) is 22.5 Å². The zero-order chi connectivity index (χ0) is 24.7. The van der Waals surface area contributed by atoms with Crippen LogP contribution in [0, 0.1) is 0 Å². The molecule has 178 valence electrons. The number of benzene rings is 3. The van der Waals surface area contributed by atoms with Crippen LogP contribution < -0.4 is 10.1 Å². The zero-order valence-corrected chi connectivity index (χ0v) is 20.1. The molecule has 0 saturated heterocycles. The van der Waals surface area contributed by atoms with Gasteiger partial charge in [0, 0.05) is 34.7 Å². The first-order valence-corrected chi connectivity index (χ1v) is 11.3. The van der Waals surface area contributed by atoms with E-state index in [0.29, 0.717) is 16.3 Å². The van der Waals surface area contributed by atoms with Crippen LogP contribution in [0.3, 0.4) is 0 Å². The Morgan fingerprint density at radius 2 is 1.74 bits per heavy atom. The number of amides is 1. The summed E-state index contributed by atoms with van der Waals surface area (Å²) in [6.45, 7) is 3.82. The van der Waals surface area contributed by atoms with Crippen LogP contribution in [0.2, 0.25) is 5.02 Å². The molecule has 2 N–H and O–H groups in total. The zero-order valence-electron chi connectivity index (χ0n) is 19.4. The minimum Gasteiger partial charge on any atom is -0.496 e. The van der Waals surface area contributed by atoms with Crippen LogP contribution in [0.5, 0.6) is 5.75 Å². The van der Waals surface area contributed by atoms with Gasteiger partial charge in [-0.25, -0.2) is 4.79 Å². The van der Waals surface area contributed by atoms with Crippen LogP contribution >= 0.6 is 11.6 Å². The summed E-state index contributed by atoms with van der Waals surface area (Å²) >= 11 is 6.26. The summed E-state index contributed by atoms with van der Waals surface area (Å²) in [5, 5.41) is 13.0. The average Bonchev–Trinajstić information content (AvgIpc) is 2.82. The molecule has 3 aromatic rings. The Bertz CT molecular complexity index is 1140. The SMILES string of the molecule is COc1ccc(CC(OC(C)C)C(=O)O)cc1CNC(=O)c1ccc(-c2ccccc2Cl)cc1. The van der Waals surface area contributed by atoms with Gasteiger partial charge in [0.2, 0.25) is 0 Å². The maximum absolute atomic E-state index is 12.7. The van der Waals surface area contributed by atoms with E-state index in [0.717, 1.165) is 22.3 Å². The van der Waals surface area contributed by atoms with E-state index in [9.17, 15) is 14.7 Å². The van der Waals surface area contributed by atoms with Gasteiger partial charge >= 0.3 is 5.97 Å². The molecule has 0 aliphatic heterocycles.